The zero-order chi connectivity index (χ0) is 18.7. The van der Waals surface area contributed by atoms with Crippen LogP contribution in [0, 0.1) is 0 Å². The van der Waals surface area contributed by atoms with E-state index in [9.17, 15) is 18.0 Å². The smallest absolute Gasteiger partial charge is 0.351 e. The Morgan fingerprint density at radius 1 is 1.08 bits per heavy atom. The Hall–Kier alpha value is -2.38. The summed E-state index contributed by atoms with van der Waals surface area (Å²) in [5.41, 5.74) is -0.323. The summed E-state index contributed by atoms with van der Waals surface area (Å²) >= 11 is 0. The lowest BCUT2D eigenvalue weighted by Crippen LogP contribution is -2.49. The van der Waals surface area contributed by atoms with E-state index < -0.39 is 11.9 Å². The van der Waals surface area contributed by atoms with Crippen molar-refractivity contribution >= 4 is 22.8 Å². The molecule has 0 saturated carbocycles. The number of carbonyl (C=O) groups is 1. The normalized spacial score (nSPS) is 15.5. The van der Waals surface area contributed by atoms with E-state index in [0.29, 0.717) is 38.1 Å². The minimum Gasteiger partial charge on any atom is -0.351 e. The van der Waals surface area contributed by atoms with E-state index in [1.807, 2.05) is 6.92 Å². The van der Waals surface area contributed by atoms with E-state index in [-0.39, 0.29) is 17.2 Å². The van der Waals surface area contributed by atoms with Crippen LogP contribution in [0.5, 0.6) is 0 Å². The van der Waals surface area contributed by atoms with Gasteiger partial charge in [-0.25, -0.2) is 9.97 Å². The number of fused-ring (bicyclic) bond motifs is 1. The Morgan fingerprint density at radius 3 is 2.27 bits per heavy atom. The molecule has 1 aromatic carbocycles. The summed E-state index contributed by atoms with van der Waals surface area (Å²) < 4.78 is 40.4. The zero-order valence-electron chi connectivity index (χ0n) is 14.6. The Labute approximate surface area is 149 Å². The van der Waals surface area contributed by atoms with Crippen LogP contribution in [0.1, 0.15) is 31.9 Å². The molecule has 1 amide bonds. The van der Waals surface area contributed by atoms with Gasteiger partial charge in [0, 0.05) is 32.6 Å². The van der Waals surface area contributed by atoms with Gasteiger partial charge >= 0.3 is 6.18 Å². The highest BCUT2D eigenvalue weighted by molar-refractivity contribution is 5.78. The van der Waals surface area contributed by atoms with Gasteiger partial charge in [-0.3, -0.25) is 4.79 Å². The molecule has 3 rings (SSSR count). The Kier molecular flexibility index (Phi) is 5.29. The molecule has 0 aliphatic carbocycles. The Bertz CT molecular complexity index is 786. The van der Waals surface area contributed by atoms with Crippen LogP contribution in [0.25, 0.3) is 11.0 Å². The van der Waals surface area contributed by atoms with Crippen molar-refractivity contribution in [3.8, 4) is 0 Å². The van der Waals surface area contributed by atoms with Crippen LogP contribution in [0.4, 0.5) is 19.0 Å². The number of hydrogen-bond donors (Lipinski definition) is 0. The van der Waals surface area contributed by atoms with Gasteiger partial charge in [0.15, 0.2) is 11.5 Å². The van der Waals surface area contributed by atoms with Gasteiger partial charge < -0.3 is 9.80 Å². The molecular weight excluding hydrogens is 345 g/mol. The van der Waals surface area contributed by atoms with Crippen LogP contribution < -0.4 is 4.90 Å². The number of alkyl halides is 3. The second-order valence-electron chi connectivity index (χ2n) is 6.35. The lowest BCUT2D eigenvalue weighted by atomic mass is 10.2. The monoisotopic (exact) mass is 366 g/mol. The molecule has 0 radical (unpaired) electrons. The minimum atomic E-state index is -4.58. The van der Waals surface area contributed by atoms with Crippen molar-refractivity contribution in [3.05, 3.63) is 30.0 Å². The van der Waals surface area contributed by atoms with Gasteiger partial charge in [-0.2, -0.15) is 13.2 Å². The average molecular weight is 366 g/mol. The third kappa shape index (κ3) is 3.89. The number of benzene rings is 1. The molecule has 1 aromatic heterocycles. The lowest BCUT2D eigenvalue weighted by Gasteiger charge is -2.36. The SMILES string of the molecule is CCCCC(=O)N1CCN(c2nc3ccccc3nc2C(F)(F)F)CC1. The first kappa shape index (κ1) is 18.4. The molecule has 0 bridgehead atoms. The number of amides is 1. The number of aromatic nitrogens is 2. The molecular formula is C18H21F3N4O. The molecule has 1 saturated heterocycles. The molecule has 2 heterocycles. The van der Waals surface area contributed by atoms with Crippen LogP contribution in [0.2, 0.25) is 0 Å². The molecule has 5 nitrogen and oxygen atoms in total. The molecule has 1 fully saturated rings. The van der Waals surface area contributed by atoms with E-state index in [2.05, 4.69) is 9.97 Å². The second kappa shape index (κ2) is 7.47. The topological polar surface area (TPSA) is 49.3 Å². The molecule has 8 heteroatoms. The van der Waals surface area contributed by atoms with Crippen molar-refractivity contribution in [1.82, 2.24) is 14.9 Å². The largest absolute Gasteiger partial charge is 0.437 e. The summed E-state index contributed by atoms with van der Waals surface area (Å²) in [6.45, 7) is 3.44. The van der Waals surface area contributed by atoms with Crippen LogP contribution in [0.15, 0.2) is 24.3 Å². The molecule has 140 valence electrons. The summed E-state index contributed by atoms with van der Waals surface area (Å²) in [4.78, 5) is 23.4. The number of nitrogens with zero attached hydrogens (tertiary/aromatic N) is 4. The highest BCUT2D eigenvalue weighted by Crippen LogP contribution is 2.35. The fourth-order valence-electron chi connectivity index (χ4n) is 3.06. The van der Waals surface area contributed by atoms with Crippen LogP contribution in [-0.2, 0) is 11.0 Å². The number of carbonyl (C=O) groups excluding carboxylic acids is 1. The molecule has 26 heavy (non-hydrogen) atoms. The van der Waals surface area contributed by atoms with Gasteiger partial charge in [0.2, 0.25) is 5.91 Å². The summed E-state index contributed by atoms with van der Waals surface area (Å²) in [5, 5.41) is 0. The van der Waals surface area contributed by atoms with Crippen molar-refractivity contribution in [2.45, 2.75) is 32.4 Å². The summed E-state index contributed by atoms with van der Waals surface area (Å²) in [7, 11) is 0. The van der Waals surface area contributed by atoms with Gasteiger partial charge in [0.25, 0.3) is 0 Å². The number of anilines is 1. The maximum absolute atomic E-state index is 13.5. The molecule has 0 unspecified atom stereocenters. The van der Waals surface area contributed by atoms with E-state index in [0.717, 1.165) is 12.8 Å². The average Bonchev–Trinajstić information content (AvgIpc) is 2.64. The Balaban J connectivity index is 1.83. The number of piperazine rings is 1. The van der Waals surface area contributed by atoms with Gasteiger partial charge in [0.05, 0.1) is 11.0 Å². The highest BCUT2D eigenvalue weighted by atomic mass is 19.4. The number of halogens is 3. The minimum absolute atomic E-state index is 0.0622. The second-order valence-corrected chi connectivity index (χ2v) is 6.35. The number of rotatable bonds is 4. The molecule has 2 aromatic rings. The number of para-hydroxylation sites is 2. The van der Waals surface area contributed by atoms with E-state index in [1.54, 1.807) is 28.0 Å². The molecule has 0 atom stereocenters. The zero-order valence-corrected chi connectivity index (χ0v) is 14.6. The summed E-state index contributed by atoms with van der Waals surface area (Å²) in [6.07, 6.45) is -2.33. The third-order valence-corrected chi connectivity index (χ3v) is 4.50. The predicted molar refractivity (Wildman–Crippen MR) is 92.9 cm³/mol. The maximum Gasteiger partial charge on any atom is 0.437 e. The highest BCUT2D eigenvalue weighted by Gasteiger charge is 2.39. The van der Waals surface area contributed by atoms with E-state index in [1.165, 1.54) is 6.07 Å². The summed E-state index contributed by atoms with van der Waals surface area (Å²) in [6, 6.07) is 6.53. The number of unbranched alkanes of at least 4 members (excludes halogenated alkanes) is 1. The van der Waals surface area contributed by atoms with Crippen molar-refractivity contribution in [3.63, 3.8) is 0 Å². The van der Waals surface area contributed by atoms with Gasteiger partial charge in [-0.1, -0.05) is 25.5 Å². The molecule has 1 aliphatic heterocycles. The standard InChI is InChI=1S/C18H21F3N4O/c1-2-3-8-15(26)24-9-11-25(12-10-24)17-16(18(19,20)21)22-13-6-4-5-7-14(13)23-17/h4-7H,2-3,8-12H2,1H3. The predicted octanol–water partition coefficient (Wildman–Crippen LogP) is 3.49. The Morgan fingerprint density at radius 2 is 1.69 bits per heavy atom. The third-order valence-electron chi connectivity index (χ3n) is 4.50. The van der Waals surface area contributed by atoms with Crippen LogP contribution in [0.3, 0.4) is 0 Å². The van der Waals surface area contributed by atoms with E-state index in [4.69, 9.17) is 0 Å². The lowest BCUT2D eigenvalue weighted by molar-refractivity contribution is -0.140. The fraction of sp³-hybridized carbons (Fsp3) is 0.500. The fourth-order valence-corrected chi connectivity index (χ4v) is 3.06. The number of hydrogen-bond acceptors (Lipinski definition) is 4. The van der Waals surface area contributed by atoms with Crippen molar-refractivity contribution in [2.24, 2.45) is 0 Å². The quantitative estimate of drug-likeness (QED) is 0.831. The van der Waals surface area contributed by atoms with E-state index >= 15 is 0 Å². The molecule has 0 N–H and O–H groups in total. The van der Waals surface area contributed by atoms with Crippen LogP contribution in [-0.4, -0.2) is 47.0 Å². The van der Waals surface area contributed by atoms with Crippen molar-refractivity contribution in [2.75, 3.05) is 31.1 Å². The van der Waals surface area contributed by atoms with Gasteiger partial charge in [0.1, 0.15) is 0 Å². The van der Waals surface area contributed by atoms with Crippen molar-refractivity contribution < 1.29 is 18.0 Å². The van der Waals surface area contributed by atoms with Crippen molar-refractivity contribution in [1.29, 1.82) is 0 Å². The first-order chi connectivity index (χ1) is 12.4. The van der Waals surface area contributed by atoms with Gasteiger partial charge in [-0.15, -0.1) is 0 Å². The molecule has 1 aliphatic rings. The van der Waals surface area contributed by atoms with Crippen LogP contribution >= 0.6 is 0 Å². The first-order valence-electron chi connectivity index (χ1n) is 8.77. The van der Waals surface area contributed by atoms with Gasteiger partial charge in [-0.05, 0) is 18.6 Å². The summed E-state index contributed by atoms with van der Waals surface area (Å²) in [5.74, 6) is -0.0935. The first-order valence-corrected chi connectivity index (χ1v) is 8.77. The maximum atomic E-state index is 13.5. The molecule has 0 spiro atoms.